The van der Waals surface area contributed by atoms with Crippen molar-refractivity contribution in [1.29, 1.82) is 0 Å². The molecule has 3 aromatic rings. The van der Waals surface area contributed by atoms with Crippen molar-refractivity contribution >= 4 is 34.0 Å². The summed E-state index contributed by atoms with van der Waals surface area (Å²) in [6.07, 6.45) is 0.383. The summed E-state index contributed by atoms with van der Waals surface area (Å²) in [5.41, 5.74) is 1.99. The minimum Gasteiger partial charge on any atom is -0.484 e. The molecular weight excluding hydrogens is 388 g/mol. The molecule has 1 aliphatic rings. The summed E-state index contributed by atoms with van der Waals surface area (Å²) in [4.78, 5) is 26.4. The number of benzene rings is 2. The molecule has 29 heavy (non-hydrogen) atoms. The Balaban J connectivity index is 1.36. The van der Waals surface area contributed by atoms with Gasteiger partial charge in [-0.3, -0.25) is 14.9 Å². The van der Waals surface area contributed by atoms with E-state index < -0.39 is 0 Å². The molecule has 0 saturated carbocycles. The third kappa shape index (κ3) is 4.43. The fourth-order valence-electron chi connectivity index (χ4n) is 3.24. The van der Waals surface area contributed by atoms with Gasteiger partial charge < -0.3 is 9.64 Å². The molecule has 1 fully saturated rings. The number of hydrogen-bond acceptors (Lipinski definition) is 6. The number of para-hydroxylation sites is 2. The lowest BCUT2D eigenvalue weighted by Gasteiger charge is -2.18. The standard InChI is InChI=1S/C21H20N4O3S/c1-14-7-5-6-10-17(14)25-12-15(11-19(25)27)20-23-24-21(29-20)22-18(26)13-28-16-8-3-2-4-9-16/h2-10,15H,11-13H2,1H3,(H,22,24,26). The van der Waals surface area contributed by atoms with Gasteiger partial charge in [0.15, 0.2) is 6.61 Å². The van der Waals surface area contributed by atoms with Crippen LogP contribution in [0.4, 0.5) is 10.8 Å². The number of nitrogens with one attached hydrogen (secondary N) is 1. The van der Waals surface area contributed by atoms with Crippen LogP contribution in [0.2, 0.25) is 0 Å². The van der Waals surface area contributed by atoms with Gasteiger partial charge in [-0.15, -0.1) is 10.2 Å². The van der Waals surface area contributed by atoms with Gasteiger partial charge in [-0.2, -0.15) is 0 Å². The first-order valence-corrected chi connectivity index (χ1v) is 10.1. The number of aromatic nitrogens is 2. The molecular formula is C21H20N4O3S. The number of hydrogen-bond donors (Lipinski definition) is 1. The van der Waals surface area contributed by atoms with Gasteiger partial charge in [0.1, 0.15) is 10.8 Å². The Hall–Kier alpha value is -3.26. The SMILES string of the molecule is Cc1ccccc1N1CC(c2nnc(NC(=O)COc3ccccc3)s2)CC1=O. The predicted octanol–water partition coefficient (Wildman–Crippen LogP) is 3.38. The predicted molar refractivity (Wildman–Crippen MR) is 111 cm³/mol. The van der Waals surface area contributed by atoms with E-state index in [2.05, 4.69) is 15.5 Å². The molecule has 2 aromatic carbocycles. The molecule has 2 amide bonds. The summed E-state index contributed by atoms with van der Waals surface area (Å²) in [5, 5.41) is 12.1. The molecule has 2 heterocycles. The lowest BCUT2D eigenvalue weighted by molar-refractivity contribution is -0.118. The van der Waals surface area contributed by atoms with Gasteiger partial charge in [0.2, 0.25) is 11.0 Å². The van der Waals surface area contributed by atoms with Crippen molar-refractivity contribution in [1.82, 2.24) is 10.2 Å². The monoisotopic (exact) mass is 408 g/mol. The number of anilines is 2. The Morgan fingerprint density at radius 2 is 1.93 bits per heavy atom. The highest BCUT2D eigenvalue weighted by Crippen LogP contribution is 2.35. The molecule has 1 saturated heterocycles. The lowest BCUT2D eigenvalue weighted by atomic mass is 10.1. The van der Waals surface area contributed by atoms with E-state index in [-0.39, 0.29) is 24.3 Å². The summed E-state index contributed by atoms with van der Waals surface area (Å²) in [6.45, 7) is 2.44. The van der Waals surface area contributed by atoms with Gasteiger partial charge in [0.25, 0.3) is 5.91 Å². The second-order valence-electron chi connectivity index (χ2n) is 6.79. The maximum atomic E-state index is 12.5. The van der Waals surface area contributed by atoms with Crippen molar-refractivity contribution in [3.05, 3.63) is 65.2 Å². The highest BCUT2D eigenvalue weighted by Gasteiger charge is 2.34. The van der Waals surface area contributed by atoms with Crippen molar-refractivity contribution < 1.29 is 14.3 Å². The van der Waals surface area contributed by atoms with Gasteiger partial charge in [0, 0.05) is 24.6 Å². The van der Waals surface area contributed by atoms with E-state index in [0.717, 1.165) is 16.3 Å². The van der Waals surface area contributed by atoms with E-state index >= 15 is 0 Å². The first-order valence-electron chi connectivity index (χ1n) is 9.27. The van der Waals surface area contributed by atoms with E-state index in [9.17, 15) is 9.59 Å². The maximum Gasteiger partial charge on any atom is 0.264 e. The van der Waals surface area contributed by atoms with Gasteiger partial charge >= 0.3 is 0 Å². The first-order chi connectivity index (χ1) is 14.1. The van der Waals surface area contributed by atoms with Crippen molar-refractivity contribution in [2.75, 3.05) is 23.4 Å². The van der Waals surface area contributed by atoms with Crippen LogP contribution in [0, 0.1) is 6.92 Å². The average molecular weight is 408 g/mol. The van der Waals surface area contributed by atoms with Gasteiger partial charge in [-0.05, 0) is 30.7 Å². The molecule has 1 aliphatic heterocycles. The Bertz CT molecular complexity index is 1020. The highest BCUT2D eigenvalue weighted by molar-refractivity contribution is 7.15. The van der Waals surface area contributed by atoms with Gasteiger partial charge in [0.05, 0.1) is 0 Å². The van der Waals surface area contributed by atoms with E-state index in [1.807, 2.05) is 49.4 Å². The molecule has 1 atom stereocenters. The highest BCUT2D eigenvalue weighted by atomic mass is 32.1. The van der Waals surface area contributed by atoms with Crippen LogP contribution in [0.25, 0.3) is 0 Å². The van der Waals surface area contributed by atoms with Crippen molar-refractivity contribution in [3.63, 3.8) is 0 Å². The third-order valence-corrected chi connectivity index (χ3v) is 5.68. The van der Waals surface area contributed by atoms with E-state index in [4.69, 9.17) is 4.74 Å². The lowest BCUT2D eigenvalue weighted by Crippen LogP contribution is -2.25. The fraction of sp³-hybridized carbons (Fsp3) is 0.238. The van der Waals surface area contributed by atoms with Crippen LogP contribution < -0.4 is 15.0 Å². The molecule has 0 bridgehead atoms. The summed E-state index contributed by atoms with van der Waals surface area (Å²) in [6, 6.07) is 17.0. The number of ether oxygens (including phenoxy) is 1. The number of nitrogens with zero attached hydrogens (tertiary/aromatic N) is 3. The van der Waals surface area contributed by atoms with E-state index in [0.29, 0.717) is 23.8 Å². The zero-order chi connectivity index (χ0) is 20.2. The summed E-state index contributed by atoms with van der Waals surface area (Å²) in [5.74, 6) is 0.356. The number of carbonyl (C=O) groups is 2. The number of rotatable bonds is 6. The zero-order valence-corrected chi connectivity index (χ0v) is 16.7. The first kappa shape index (κ1) is 19.1. The van der Waals surface area contributed by atoms with Crippen LogP contribution in [0.3, 0.4) is 0 Å². The van der Waals surface area contributed by atoms with Crippen LogP contribution in [0.1, 0.15) is 22.9 Å². The average Bonchev–Trinajstić information content (AvgIpc) is 3.34. The minimum absolute atomic E-state index is 0.0363. The Kier molecular flexibility index (Phi) is 5.53. The van der Waals surface area contributed by atoms with Crippen molar-refractivity contribution in [3.8, 4) is 5.75 Å². The Morgan fingerprint density at radius 1 is 1.17 bits per heavy atom. The molecule has 8 heteroatoms. The second kappa shape index (κ2) is 8.40. The van der Waals surface area contributed by atoms with Crippen LogP contribution in [-0.4, -0.2) is 35.2 Å². The third-order valence-electron chi connectivity index (χ3n) is 4.68. The number of carbonyl (C=O) groups excluding carboxylic acids is 2. The molecule has 1 unspecified atom stereocenters. The number of aryl methyl sites for hydroxylation is 1. The molecule has 4 rings (SSSR count). The smallest absolute Gasteiger partial charge is 0.264 e. The molecule has 1 aromatic heterocycles. The molecule has 0 spiro atoms. The second-order valence-corrected chi connectivity index (χ2v) is 7.80. The summed E-state index contributed by atoms with van der Waals surface area (Å²) < 4.78 is 5.43. The Labute approximate surface area is 172 Å². The topological polar surface area (TPSA) is 84.4 Å². The van der Waals surface area contributed by atoms with Crippen molar-refractivity contribution in [2.45, 2.75) is 19.3 Å². The molecule has 148 valence electrons. The molecule has 0 aliphatic carbocycles. The van der Waals surface area contributed by atoms with Crippen LogP contribution in [0.5, 0.6) is 5.75 Å². The normalized spacial score (nSPS) is 16.1. The molecule has 0 radical (unpaired) electrons. The van der Waals surface area contributed by atoms with Crippen molar-refractivity contribution in [2.24, 2.45) is 0 Å². The van der Waals surface area contributed by atoms with Crippen LogP contribution in [0.15, 0.2) is 54.6 Å². The van der Waals surface area contributed by atoms with E-state index in [1.165, 1.54) is 11.3 Å². The molecule has 1 N–H and O–H groups in total. The zero-order valence-electron chi connectivity index (χ0n) is 15.9. The maximum absolute atomic E-state index is 12.5. The summed E-state index contributed by atoms with van der Waals surface area (Å²) >= 11 is 1.29. The number of amides is 2. The minimum atomic E-state index is -0.305. The fourth-order valence-corrected chi connectivity index (χ4v) is 4.09. The Morgan fingerprint density at radius 3 is 2.72 bits per heavy atom. The van der Waals surface area contributed by atoms with Gasteiger partial charge in [-0.25, -0.2) is 0 Å². The quantitative estimate of drug-likeness (QED) is 0.676. The van der Waals surface area contributed by atoms with E-state index in [1.54, 1.807) is 17.0 Å². The van der Waals surface area contributed by atoms with Crippen LogP contribution in [-0.2, 0) is 9.59 Å². The summed E-state index contributed by atoms with van der Waals surface area (Å²) in [7, 11) is 0. The molecule has 7 nitrogen and oxygen atoms in total. The van der Waals surface area contributed by atoms with Crippen LogP contribution >= 0.6 is 11.3 Å². The largest absolute Gasteiger partial charge is 0.484 e. The van der Waals surface area contributed by atoms with Gasteiger partial charge in [-0.1, -0.05) is 47.7 Å².